The number of rotatable bonds is 4. The van der Waals surface area contributed by atoms with Crippen LogP contribution in [0.1, 0.15) is 10.5 Å². The first-order valence-electron chi connectivity index (χ1n) is 5.85. The van der Waals surface area contributed by atoms with Gasteiger partial charge < -0.3 is 10.1 Å². The number of amides is 1. The van der Waals surface area contributed by atoms with Crippen molar-refractivity contribution in [3.05, 3.63) is 52.5 Å². The van der Waals surface area contributed by atoms with Crippen molar-refractivity contribution in [3.63, 3.8) is 0 Å². The second-order valence-corrected chi connectivity index (χ2v) is 4.81. The first kappa shape index (κ1) is 16.0. The van der Waals surface area contributed by atoms with Crippen molar-refractivity contribution in [2.24, 2.45) is 0 Å². The second kappa shape index (κ2) is 7.03. The van der Waals surface area contributed by atoms with Crippen molar-refractivity contribution in [2.75, 3.05) is 11.9 Å². The summed E-state index contributed by atoms with van der Waals surface area (Å²) in [5, 5.41) is 2.17. The molecule has 6 nitrogen and oxygen atoms in total. The number of nitrogens with one attached hydrogen (secondary N) is 1. The van der Waals surface area contributed by atoms with E-state index in [9.17, 15) is 18.4 Å². The fourth-order valence-electron chi connectivity index (χ4n) is 1.45. The van der Waals surface area contributed by atoms with Crippen LogP contribution in [0.15, 0.2) is 35.2 Å². The molecule has 1 aromatic heterocycles. The monoisotopic (exact) mass is 371 g/mol. The lowest BCUT2D eigenvalue weighted by Gasteiger charge is -2.09. The van der Waals surface area contributed by atoms with Gasteiger partial charge in [0, 0.05) is 22.9 Å². The van der Waals surface area contributed by atoms with Crippen molar-refractivity contribution < 1.29 is 23.1 Å². The first-order valence-corrected chi connectivity index (χ1v) is 6.64. The second-order valence-electron chi connectivity index (χ2n) is 3.96. The number of anilines is 1. The number of ether oxygens (including phenoxy) is 1. The summed E-state index contributed by atoms with van der Waals surface area (Å²) in [5.74, 6) is -3.39. The van der Waals surface area contributed by atoms with Crippen LogP contribution in [0.3, 0.4) is 0 Å². The van der Waals surface area contributed by atoms with Gasteiger partial charge >= 0.3 is 5.97 Å². The number of hydrogen-bond acceptors (Lipinski definition) is 5. The van der Waals surface area contributed by atoms with Gasteiger partial charge in [-0.3, -0.25) is 9.78 Å². The lowest BCUT2D eigenvalue weighted by Crippen LogP contribution is -2.22. The van der Waals surface area contributed by atoms with Crippen molar-refractivity contribution in [1.82, 2.24) is 9.97 Å². The average molecular weight is 372 g/mol. The van der Waals surface area contributed by atoms with Crippen molar-refractivity contribution >= 4 is 33.5 Å². The highest BCUT2D eigenvalue weighted by Crippen LogP contribution is 2.26. The smallest absolute Gasteiger partial charge is 0.359 e. The summed E-state index contributed by atoms with van der Waals surface area (Å²) in [6.07, 6.45) is 3.84. The minimum atomic E-state index is -0.958. The zero-order chi connectivity index (χ0) is 16.1. The molecule has 0 aliphatic rings. The first-order chi connectivity index (χ1) is 10.5. The van der Waals surface area contributed by atoms with E-state index < -0.39 is 30.1 Å². The van der Waals surface area contributed by atoms with Gasteiger partial charge in [0.1, 0.15) is 5.82 Å². The van der Waals surface area contributed by atoms with Gasteiger partial charge in [-0.1, -0.05) is 0 Å². The minimum absolute atomic E-state index is 0.0265. The largest absolute Gasteiger partial charge is 0.451 e. The molecular weight excluding hydrogens is 364 g/mol. The Morgan fingerprint density at radius 3 is 2.68 bits per heavy atom. The van der Waals surface area contributed by atoms with Crippen LogP contribution >= 0.6 is 15.9 Å². The van der Waals surface area contributed by atoms with Gasteiger partial charge in [0.05, 0.1) is 11.9 Å². The Labute approximate surface area is 131 Å². The van der Waals surface area contributed by atoms with E-state index in [0.29, 0.717) is 6.07 Å². The molecule has 1 amide bonds. The van der Waals surface area contributed by atoms with E-state index in [4.69, 9.17) is 4.74 Å². The van der Waals surface area contributed by atoms with Crippen molar-refractivity contribution in [2.45, 2.75) is 0 Å². The number of aromatic nitrogens is 2. The molecule has 0 bridgehead atoms. The van der Waals surface area contributed by atoms with Crippen LogP contribution in [-0.4, -0.2) is 28.5 Å². The number of hydrogen-bond donors (Lipinski definition) is 1. The van der Waals surface area contributed by atoms with Crippen molar-refractivity contribution in [1.29, 1.82) is 0 Å². The summed E-state index contributed by atoms with van der Waals surface area (Å²) in [5.41, 5.74) is -0.314. The molecule has 0 saturated carbocycles. The molecule has 114 valence electrons. The molecule has 0 aliphatic carbocycles. The van der Waals surface area contributed by atoms with Gasteiger partial charge in [-0.05, 0) is 22.0 Å². The van der Waals surface area contributed by atoms with E-state index in [-0.39, 0.29) is 15.9 Å². The standard InChI is InChI=1S/C13H8BrF2N3O3/c14-8-3-7(15)4-9(16)12(8)19-11(20)6-22-13(21)10-5-17-1-2-18-10/h1-5H,6H2,(H,19,20). The van der Waals surface area contributed by atoms with E-state index in [0.717, 1.165) is 6.07 Å². The maximum absolute atomic E-state index is 13.5. The molecule has 0 unspecified atom stereocenters. The minimum Gasteiger partial charge on any atom is -0.451 e. The molecule has 0 aliphatic heterocycles. The predicted octanol–water partition coefficient (Wildman–Crippen LogP) is 2.31. The van der Waals surface area contributed by atoms with Crippen molar-refractivity contribution in [3.8, 4) is 0 Å². The number of benzene rings is 1. The van der Waals surface area contributed by atoms with Gasteiger partial charge in [0.2, 0.25) is 0 Å². The molecule has 1 N–H and O–H groups in total. The van der Waals surface area contributed by atoms with Gasteiger partial charge in [0.15, 0.2) is 18.1 Å². The van der Waals surface area contributed by atoms with Gasteiger partial charge in [-0.15, -0.1) is 0 Å². The molecule has 0 radical (unpaired) electrons. The zero-order valence-electron chi connectivity index (χ0n) is 10.8. The lowest BCUT2D eigenvalue weighted by atomic mass is 10.3. The Hall–Kier alpha value is -2.42. The van der Waals surface area contributed by atoms with Crippen LogP contribution in [0.4, 0.5) is 14.5 Å². The number of carbonyl (C=O) groups excluding carboxylic acids is 2. The molecule has 1 heterocycles. The molecule has 22 heavy (non-hydrogen) atoms. The molecule has 0 fully saturated rings. The quantitative estimate of drug-likeness (QED) is 0.834. The third-order valence-corrected chi connectivity index (χ3v) is 3.00. The summed E-state index contributed by atoms with van der Waals surface area (Å²) < 4.78 is 31.2. The average Bonchev–Trinajstić information content (AvgIpc) is 2.49. The molecule has 9 heteroatoms. The predicted molar refractivity (Wildman–Crippen MR) is 75.0 cm³/mol. The highest BCUT2D eigenvalue weighted by molar-refractivity contribution is 9.10. The molecule has 0 saturated heterocycles. The molecule has 2 aromatic rings. The SMILES string of the molecule is O=C(COC(=O)c1cnccn1)Nc1c(F)cc(F)cc1Br. The summed E-state index contributed by atoms with van der Waals surface area (Å²) >= 11 is 2.92. The van der Waals surface area contributed by atoms with Gasteiger partial charge in [0.25, 0.3) is 5.91 Å². The fourth-order valence-corrected chi connectivity index (χ4v) is 1.95. The number of esters is 1. The summed E-state index contributed by atoms with van der Waals surface area (Å²) in [7, 11) is 0. The van der Waals surface area contributed by atoms with E-state index in [1.807, 2.05) is 0 Å². The number of nitrogens with zero attached hydrogens (tertiary/aromatic N) is 2. The van der Waals surface area contributed by atoms with E-state index in [1.54, 1.807) is 0 Å². The topological polar surface area (TPSA) is 81.2 Å². The highest BCUT2D eigenvalue weighted by atomic mass is 79.9. The molecule has 2 rings (SSSR count). The Balaban J connectivity index is 1.95. The normalized spacial score (nSPS) is 10.1. The maximum Gasteiger partial charge on any atom is 0.359 e. The van der Waals surface area contributed by atoms with Crippen LogP contribution in [0.25, 0.3) is 0 Å². The Morgan fingerprint density at radius 1 is 1.27 bits per heavy atom. The van der Waals surface area contributed by atoms with Gasteiger partial charge in [-0.2, -0.15) is 0 Å². The summed E-state index contributed by atoms with van der Waals surface area (Å²) in [6.45, 7) is -0.654. The highest BCUT2D eigenvalue weighted by Gasteiger charge is 2.15. The Morgan fingerprint density at radius 2 is 2.05 bits per heavy atom. The number of halogens is 3. The molecule has 1 aromatic carbocycles. The van der Waals surface area contributed by atoms with Crippen LogP contribution in [0, 0.1) is 11.6 Å². The fraction of sp³-hybridized carbons (Fsp3) is 0.0769. The third-order valence-electron chi connectivity index (χ3n) is 2.38. The van der Waals surface area contributed by atoms with Crippen LogP contribution in [0.2, 0.25) is 0 Å². The van der Waals surface area contributed by atoms with E-state index in [2.05, 4.69) is 31.2 Å². The van der Waals surface area contributed by atoms with Crippen LogP contribution in [0.5, 0.6) is 0 Å². The molecular formula is C13H8BrF2N3O3. The number of carbonyl (C=O) groups is 2. The lowest BCUT2D eigenvalue weighted by molar-refractivity contribution is -0.119. The van der Waals surface area contributed by atoms with E-state index in [1.165, 1.54) is 18.6 Å². The Kier molecular flexibility index (Phi) is 5.10. The molecule has 0 atom stereocenters. The van der Waals surface area contributed by atoms with Crippen LogP contribution in [-0.2, 0) is 9.53 Å². The zero-order valence-corrected chi connectivity index (χ0v) is 12.4. The maximum atomic E-state index is 13.5. The molecule has 0 spiro atoms. The van der Waals surface area contributed by atoms with E-state index >= 15 is 0 Å². The third kappa shape index (κ3) is 4.04. The van der Waals surface area contributed by atoms with Crippen LogP contribution < -0.4 is 5.32 Å². The Bertz CT molecular complexity index is 690. The summed E-state index contributed by atoms with van der Waals surface area (Å²) in [6, 6.07) is 1.61. The summed E-state index contributed by atoms with van der Waals surface area (Å²) in [4.78, 5) is 30.6. The van der Waals surface area contributed by atoms with Gasteiger partial charge in [-0.25, -0.2) is 18.6 Å².